The summed E-state index contributed by atoms with van der Waals surface area (Å²) >= 11 is 1.50. The number of ketones is 2. The molecule has 0 aromatic rings. The first-order chi connectivity index (χ1) is 23.0. The number of carbonyl (C=O) groups excluding carboxylic acids is 6. The molecule has 0 saturated heterocycles. The van der Waals surface area contributed by atoms with Gasteiger partial charge >= 0.3 is 5.97 Å². The van der Waals surface area contributed by atoms with E-state index in [4.69, 9.17) is 23.7 Å². The highest BCUT2D eigenvalue weighted by Crippen LogP contribution is 2.33. The third kappa shape index (κ3) is 20.0. The van der Waals surface area contributed by atoms with E-state index >= 15 is 0 Å². The fraction of sp³-hybridized carbons (Fsp3) is 0.812. The molecule has 0 radical (unpaired) electrons. The molecule has 15 nitrogen and oxygen atoms in total. The Balaban J connectivity index is 1.96. The quantitative estimate of drug-likeness (QED) is 0.0383. The number of nitrogens with one attached hydrogen (secondary N) is 3. The van der Waals surface area contributed by atoms with E-state index in [9.17, 15) is 33.9 Å². The Hall–Kier alpha value is -2.63. The number of rotatable bonds is 28. The second-order valence-electron chi connectivity index (χ2n) is 11.4. The maximum absolute atomic E-state index is 12.4. The third-order valence-corrected chi connectivity index (χ3v) is 8.42. The summed E-state index contributed by atoms with van der Waals surface area (Å²) in [7, 11) is 1.41. The lowest BCUT2D eigenvalue weighted by Crippen LogP contribution is -2.35. The van der Waals surface area contributed by atoms with E-state index < -0.39 is 24.3 Å². The van der Waals surface area contributed by atoms with Gasteiger partial charge in [0.05, 0.1) is 50.3 Å². The summed E-state index contributed by atoms with van der Waals surface area (Å²) in [6.07, 6.45) is 0.595. The van der Waals surface area contributed by atoms with Gasteiger partial charge in [0.2, 0.25) is 17.7 Å². The van der Waals surface area contributed by atoms with Crippen LogP contribution in [0.5, 0.6) is 0 Å². The van der Waals surface area contributed by atoms with Crippen LogP contribution in [0.3, 0.4) is 0 Å². The highest BCUT2D eigenvalue weighted by molar-refractivity contribution is 8.01. The number of aliphatic hydroxyl groups is 1. The van der Waals surface area contributed by atoms with Gasteiger partial charge in [-0.3, -0.25) is 28.8 Å². The van der Waals surface area contributed by atoms with Crippen molar-refractivity contribution in [1.82, 2.24) is 16.0 Å². The number of aliphatic hydroxyl groups excluding tert-OH is 1. The van der Waals surface area contributed by atoms with Gasteiger partial charge < -0.3 is 44.7 Å². The van der Waals surface area contributed by atoms with Crippen LogP contribution in [0.1, 0.15) is 72.1 Å². The molecule has 0 aromatic heterocycles. The SMILES string of the molecule is CCC(CO)OC(COC(=O)CCCC(=O)NCCNC(=O)CCOCCOCCNC(=O)CCC1C(=O)CC(SC(C)C)C1=O)OC. The van der Waals surface area contributed by atoms with Crippen LogP contribution in [0, 0.1) is 5.92 Å². The van der Waals surface area contributed by atoms with Gasteiger partial charge in [-0.1, -0.05) is 20.8 Å². The van der Waals surface area contributed by atoms with E-state index in [0.717, 1.165) is 0 Å². The molecule has 1 fully saturated rings. The van der Waals surface area contributed by atoms with Crippen LogP contribution in [0.4, 0.5) is 0 Å². The van der Waals surface area contributed by atoms with Crippen molar-refractivity contribution in [2.24, 2.45) is 5.92 Å². The molecule has 0 aliphatic heterocycles. The van der Waals surface area contributed by atoms with Gasteiger partial charge in [0, 0.05) is 58.8 Å². The Morgan fingerprint density at radius 3 is 2.12 bits per heavy atom. The third-order valence-electron chi connectivity index (χ3n) is 7.15. The molecule has 0 bridgehead atoms. The number of amides is 3. The molecule has 4 atom stereocenters. The number of methoxy groups -OCH3 is 1. The number of hydrogen-bond donors (Lipinski definition) is 4. The van der Waals surface area contributed by atoms with Crippen LogP contribution in [0.15, 0.2) is 0 Å². The average Bonchev–Trinajstić information content (AvgIpc) is 3.31. The molecule has 0 heterocycles. The van der Waals surface area contributed by atoms with Crippen molar-refractivity contribution in [3.63, 3.8) is 0 Å². The van der Waals surface area contributed by atoms with Gasteiger partial charge in [-0.15, -0.1) is 11.8 Å². The molecule has 276 valence electrons. The zero-order valence-electron chi connectivity index (χ0n) is 28.8. The molecule has 48 heavy (non-hydrogen) atoms. The number of ether oxygens (including phenoxy) is 5. The summed E-state index contributed by atoms with van der Waals surface area (Å²) < 4.78 is 26.5. The van der Waals surface area contributed by atoms with Crippen molar-refractivity contribution in [2.75, 3.05) is 66.4 Å². The summed E-state index contributed by atoms with van der Waals surface area (Å²) in [4.78, 5) is 72.5. The van der Waals surface area contributed by atoms with Crippen LogP contribution in [-0.2, 0) is 52.5 Å². The second-order valence-corrected chi connectivity index (χ2v) is 13.2. The van der Waals surface area contributed by atoms with Crippen molar-refractivity contribution in [1.29, 1.82) is 0 Å². The van der Waals surface area contributed by atoms with Gasteiger partial charge in [-0.05, 0) is 24.5 Å². The van der Waals surface area contributed by atoms with Crippen molar-refractivity contribution in [2.45, 2.75) is 95.0 Å². The molecule has 0 aromatic carbocycles. The number of hydrogen-bond acceptors (Lipinski definition) is 13. The van der Waals surface area contributed by atoms with Gasteiger partial charge in [0.25, 0.3) is 0 Å². The Kier molecular flexibility index (Phi) is 23.7. The van der Waals surface area contributed by atoms with E-state index in [2.05, 4.69) is 16.0 Å². The van der Waals surface area contributed by atoms with E-state index in [1.165, 1.54) is 18.9 Å². The molecule has 16 heteroatoms. The first-order valence-corrected chi connectivity index (χ1v) is 17.6. The highest BCUT2D eigenvalue weighted by Gasteiger charge is 2.41. The van der Waals surface area contributed by atoms with Gasteiger partial charge in [0.1, 0.15) is 12.4 Å². The topological polar surface area (TPSA) is 205 Å². The maximum atomic E-state index is 12.4. The molecule has 1 aliphatic rings. The van der Waals surface area contributed by atoms with E-state index in [-0.39, 0.29) is 131 Å². The zero-order chi connectivity index (χ0) is 35.7. The minimum absolute atomic E-state index is 0.0481. The zero-order valence-corrected chi connectivity index (χ0v) is 29.6. The largest absolute Gasteiger partial charge is 0.460 e. The van der Waals surface area contributed by atoms with E-state index in [1.807, 2.05) is 20.8 Å². The number of Topliss-reactive ketones (excluding diaryl/α,β-unsaturated/α-hetero) is 2. The predicted octanol–water partition coefficient (Wildman–Crippen LogP) is 0.680. The lowest BCUT2D eigenvalue weighted by atomic mass is 10.00. The minimum atomic E-state index is -0.783. The molecule has 1 saturated carbocycles. The normalized spacial score (nSPS) is 17.3. The van der Waals surface area contributed by atoms with Crippen molar-refractivity contribution >= 4 is 47.0 Å². The summed E-state index contributed by atoms with van der Waals surface area (Å²) in [6.45, 7) is 7.35. The average molecular weight is 706 g/mol. The van der Waals surface area contributed by atoms with Crippen LogP contribution >= 0.6 is 11.8 Å². The van der Waals surface area contributed by atoms with Crippen molar-refractivity contribution in [3.05, 3.63) is 0 Å². The molecular weight excluding hydrogens is 650 g/mol. The molecule has 4 N–H and O–H groups in total. The molecule has 3 amide bonds. The van der Waals surface area contributed by atoms with Crippen LogP contribution < -0.4 is 16.0 Å². The summed E-state index contributed by atoms with van der Waals surface area (Å²) in [5, 5.41) is 17.2. The fourth-order valence-electron chi connectivity index (χ4n) is 4.52. The van der Waals surface area contributed by atoms with Crippen LogP contribution in [-0.4, -0.2) is 130 Å². The maximum Gasteiger partial charge on any atom is 0.305 e. The highest BCUT2D eigenvalue weighted by atomic mass is 32.2. The Bertz CT molecular complexity index is 995. The molecule has 1 aliphatic carbocycles. The Morgan fingerprint density at radius 2 is 1.50 bits per heavy atom. The van der Waals surface area contributed by atoms with E-state index in [0.29, 0.717) is 19.4 Å². The number of carbonyl (C=O) groups is 6. The van der Waals surface area contributed by atoms with Crippen molar-refractivity contribution < 1.29 is 57.6 Å². The Labute approximate surface area is 287 Å². The first-order valence-electron chi connectivity index (χ1n) is 16.6. The number of esters is 1. The lowest BCUT2D eigenvalue weighted by Gasteiger charge is -2.21. The minimum Gasteiger partial charge on any atom is -0.460 e. The fourth-order valence-corrected chi connectivity index (χ4v) is 5.74. The molecular formula is C32H55N3O12S. The lowest BCUT2D eigenvalue weighted by molar-refractivity contribution is -0.194. The Morgan fingerprint density at radius 1 is 0.875 bits per heavy atom. The summed E-state index contributed by atoms with van der Waals surface area (Å²) in [6, 6.07) is 0. The standard InChI is InChI=1S/C32H55N3O12S/c1-5-23(20-36)47-31(43-4)21-46-30(41)8-6-7-27(38)33-12-13-34-29(40)11-15-44-17-18-45-16-14-35-28(39)10-9-24-25(37)19-26(32(24)42)48-22(2)3/h22-24,26,31,36H,5-21H2,1-4H3,(H,33,38)(H,34,40)(H,35,39). The smallest absolute Gasteiger partial charge is 0.305 e. The molecule has 0 spiro atoms. The van der Waals surface area contributed by atoms with Gasteiger partial charge in [0.15, 0.2) is 12.1 Å². The van der Waals surface area contributed by atoms with Gasteiger partial charge in [-0.2, -0.15) is 0 Å². The summed E-state index contributed by atoms with van der Waals surface area (Å²) in [5.41, 5.74) is 0. The monoisotopic (exact) mass is 705 g/mol. The summed E-state index contributed by atoms with van der Waals surface area (Å²) in [5.74, 6) is -2.02. The van der Waals surface area contributed by atoms with Gasteiger partial charge in [-0.25, -0.2) is 0 Å². The first kappa shape index (κ1) is 43.4. The molecule has 4 unspecified atom stereocenters. The van der Waals surface area contributed by atoms with Crippen LogP contribution in [0.25, 0.3) is 0 Å². The second kappa shape index (κ2) is 26.3. The van der Waals surface area contributed by atoms with E-state index in [1.54, 1.807) is 0 Å². The van der Waals surface area contributed by atoms with Crippen molar-refractivity contribution in [3.8, 4) is 0 Å². The predicted molar refractivity (Wildman–Crippen MR) is 177 cm³/mol. The molecule has 1 rings (SSSR count). The number of thioether (sulfide) groups is 1. The van der Waals surface area contributed by atoms with Crippen LogP contribution in [0.2, 0.25) is 0 Å².